The number of carbonyl (C=O) groups excluding carboxylic acids is 2. The van der Waals surface area contributed by atoms with Gasteiger partial charge in [-0.2, -0.15) is 0 Å². The van der Waals surface area contributed by atoms with Crippen LogP contribution in [0.3, 0.4) is 0 Å². The summed E-state index contributed by atoms with van der Waals surface area (Å²) in [6, 6.07) is 3.11. The van der Waals surface area contributed by atoms with Crippen LogP contribution in [0.25, 0.3) is 0 Å². The Bertz CT molecular complexity index is 646. The van der Waals surface area contributed by atoms with E-state index in [1.807, 2.05) is 4.90 Å². The molecule has 0 saturated carbocycles. The Balaban J connectivity index is 2.07. The molecule has 0 unspecified atom stereocenters. The van der Waals surface area contributed by atoms with Crippen molar-refractivity contribution in [1.82, 2.24) is 10.2 Å². The Morgan fingerprint density at radius 1 is 1.35 bits per heavy atom. The third kappa shape index (κ3) is 5.25. The summed E-state index contributed by atoms with van der Waals surface area (Å²) in [5.74, 6) is 0.386. The van der Waals surface area contributed by atoms with Crippen molar-refractivity contribution in [1.29, 1.82) is 0 Å². The summed E-state index contributed by atoms with van der Waals surface area (Å²) in [5.41, 5.74) is 5.52. The average molecular weight is 384 g/mol. The molecule has 2 rings (SSSR count). The van der Waals surface area contributed by atoms with Crippen molar-refractivity contribution in [3.63, 3.8) is 0 Å². The number of nitrogens with zero attached hydrogens (tertiary/aromatic N) is 1. The van der Waals surface area contributed by atoms with Gasteiger partial charge in [-0.05, 0) is 44.0 Å². The fraction of sp³-hybridized carbons (Fsp3) is 0.556. The number of piperidine rings is 1. The largest absolute Gasteiger partial charge is 0.493 e. The fourth-order valence-electron chi connectivity index (χ4n) is 3.00. The molecule has 1 heterocycles. The van der Waals surface area contributed by atoms with Crippen LogP contribution in [0.4, 0.5) is 0 Å². The van der Waals surface area contributed by atoms with Crippen LogP contribution in [-0.2, 0) is 4.79 Å². The van der Waals surface area contributed by atoms with E-state index in [0.29, 0.717) is 17.2 Å². The third-order valence-electron chi connectivity index (χ3n) is 4.42. The van der Waals surface area contributed by atoms with Crippen LogP contribution in [0.2, 0.25) is 5.02 Å². The Labute approximate surface area is 158 Å². The summed E-state index contributed by atoms with van der Waals surface area (Å²) in [4.78, 5) is 25.5. The minimum Gasteiger partial charge on any atom is -0.493 e. The maximum Gasteiger partial charge on any atom is 0.255 e. The van der Waals surface area contributed by atoms with E-state index in [1.54, 1.807) is 6.07 Å². The lowest BCUT2D eigenvalue weighted by atomic mass is 9.96. The van der Waals surface area contributed by atoms with Gasteiger partial charge < -0.3 is 25.4 Å². The number of likely N-dealkylation sites (tertiary alicyclic amines) is 1. The van der Waals surface area contributed by atoms with Crippen molar-refractivity contribution in [3.05, 3.63) is 22.7 Å². The van der Waals surface area contributed by atoms with Crippen LogP contribution in [0.5, 0.6) is 11.5 Å². The molecule has 26 heavy (non-hydrogen) atoms. The number of primary amides is 1. The molecular formula is C18H26ClN3O4. The Morgan fingerprint density at radius 3 is 2.62 bits per heavy atom. The molecule has 7 nitrogen and oxygen atoms in total. The van der Waals surface area contributed by atoms with Crippen molar-refractivity contribution >= 4 is 23.4 Å². The predicted molar refractivity (Wildman–Crippen MR) is 99.9 cm³/mol. The van der Waals surface area contributed by atoms with Gasteiger partial charge in [-0.25, -0.2) is 0 Å². The number of amides is 2. The van der Waals surface area contributed by atoms with Crippen LogP contribution in [0.15, 0.2) is 12.1 Å². The molecule has 0 spiro atoms. The first kappa shape index (κ1) is 20.3. The topological polar surface area (TPSA) is 93.9 Å². The minimum atomic E-state index is -0.622. The van der Waals surface area contributed by atoms with Gasteiger partial charge in [0.15, 0.2) is 18.1 Å². The normalized spacial score (nSPS) is 15.0. The molecule has 0 atom stereocenters. The number of nitrogens with two attached hydrogens (primary N) is 1. The van der Waals surface area contributed by atoms with E-state index >= 15 is 0 Å². The number of nitrogens with one attached hydrogen (secondary N) is 1. The smallest absolute Gasteiger partial charge is 0.255 e. The van der Waals surface area contributed by atoms with Crippen LogP contribution in [0.1, 0.15) is 30.1 Å². The number of hydrogen-bond donors (Lipinski definition) is 2. The van der Waals surface area contributed by atoms with Gasteiger partial charge >= 0.3 is 0 Å². The number of rotatable bonds is 8. The second-order valence-corrected chi connectivity index (χ2v) is 6.69. The van der Waals surface area contributed by atoms with Gasteiger partial charge in [-0.3, -0.25) is 9.59 Å². The van der Waals surface area contributed by atoms with Gasteiger partial charge in [0.25, 0.3) is 11.8 Å². The molecule has 1 saturated heterocycles. The van der Waals surface area contributed by atoms with Crippen LogP contribution in [0, 0.1) is 5.92 Å². The lowest BCUT2D eigenvalue weighted by Gasteiger charge is -2.32. The minimum absolute atomic E-state index is 0.0893. The lowest BCUT2D eigenvalue weighted by Crippen LogP contribution is -2.40. The maximum absolute atomic E-state index is 12.8. The number of benzene rings is 1. The zero-order chi connectivity index (χ0) is 19.1. The number of carbonyl (C=O) groups is 2. The second kappa shape index (κ2) is 9.64. The summed E-state index contributed by atoms with van der Waals surface area (Å²) in [5, 5.41) is 3.56. The van der Waals surface area contributed by atoms with E-state index in [1.165, 1.54) is 13.2 Å². The molecule has 2 amide bonds. The molecule has 0 bridgehead atoms. The molecule has 3 N–H and O–H groups in total. The van der Waals surface area contributed by atoms with E-state index in [9.17, 15) is 9.59 Å². The highest BCUT2D eigenvalue weighted by Gasteiger charge is 2.25. The summed E-state index contributed by atoms with van der Waals surface area (Å²) >= 11 is 6.22. The molecule has 0 radical (unpaired) electrons. The molecule has 1 aromatic rings. The molecule has 8 heteroatoms. The van der Waals surface area contributed by atoms with Gasteiger partial charge in [0, 0.05) is 18.7 Å². The number of hydrogen-bond acceptors (Lipinski definition) is 5. The third-order valence-corrected chi connectivity index (χ3v) is 4.70. The van der Waals surface area contributed by atoms with E-state index in [4.69, 9.17) is 26.8 Å². The highest BCUT2D eigenvalue weighted by molar-refractivity contribution is 6.32. The zero-order valence-corrected chi connectivity index (χ0v) is 16.0. The molecule has 1 aliphatic heterocycles. The fourth-order valence-corrected chi connectivity index (χ4v) is 3.26. The van der Waals surface area contributed by atoms with E-state index in [-0.39, 0.29) is 23.3 Å². The molecule has 0 aliphatic carbocycles. The van der Waals surface area contributed by atoms with Crippen LogP contribution >= 0.6 is 11.6 Å². The molecule has 1 aliphatic rings. The Kier molecular flexibility index (Phi) is 7.53. The van der Waals surface area contributed by atoms with Gasteiger partial charge in [-0.15, -0.1) is 0 Å². The van der Waals surface area contributed by atoms with Crippen LogP contribution < -0.4 is 20.5 Å². The standard InChI is InChI=1S/C18H26ClN3O4/c1-3-21-10-12-4-6-22(7-5-12)18(24)13-8-14(19)17(15(9-13)25-2)26-11-16(20)23/h8-9,12,21H,3-7,10-11H2,1-2H3,(H2,20,23). The molecule has 144 valence electrons. The summed E-state index contributed by atoms with van der Waals surface area (Å²) in [7, 11) is 1.45. The highest BCUT2D eigenvalue weighted by atomic mass is 35.5. The molecule has 1 aromatic carbocycles. The lowest BCUT2D eigenvalue weighted by molar-refractivity contribution is -0.119. The van der Waals surface area contributed by atoms with Gasteiger partial charge in [0.1, 0.15) is 0 Å². The summed E-state index contributed by atoms with van der Waals surface area (Å²) < 4.78 is 10.5. The van der Waals surface area contributed by atoms with Gasteiger partial charge in [0.05, 0.1) is 12.1 Å². The Morgan fingerprint density at radius 2 is 2.04 bits per heavy atom. The van der Waals surface area contributed by atoms with E-state index in [2.05, 4.69) is 12.2 Å². The van der Waals surface area contributed by atoms with Crippen molar-refractivity contribution < 1.29 is 19.1 Å². The van der Waals surface area contributed by atoms with Crippen molar-refractivity contribution in [2.45, 2.75) is 19.8 Å². The number of halogens is 1. The SMILES string of the molecule is CCNCC1CCN(C(=O)c2cc(Cl)c(OCC(N)=O)c(OC)c2)CC1. The average Bonchev–Trinajstić information content (AvgIpc) is 2.64. The summed E-state index contributed by atoms with van der Waals surface area (Å²) in [6.07, 6.45) is 1.95. The second-order valence-electron chi connectivity index (χ2n) is 6.29. The van der Waals surface area contributed by atoms with E-state index < -0.39 is 5.91 Å². The van der Waals surface area contributed by atoms with Crippen molar-refractivity contribution in [2.24, 2.45) is 11.7 Å². The van der Waals surface area contributed by atoms with Crippen molar-refractivity contribution in [2.75, 3.05) is 39.9 Å². The Hall–Kier alpha value is -1.99. The maximum atomic E-state index is 12.8. The number of ether oxygens (including phenoxy) is 2. The molecule has 1 fully saturated rings. The molecular weight excluding hydrogens is 358 g/mol. The first-order valence-electron chi connectivity index (χ1n) is 8.74. The summed E-state index contributed by atoms with van der Waals surface area (Å²) in [6.45, 7) is 5.16. The van der Waals surface area contributed by atoms with Crippen molar-refractivity contribution in [3.8, 4) is 11.5 Å². The molecule has 0 aromatic heterocycles. The van der Waals surface area contributed by atoms with Crippen LogP contribution in [-0.4, -0.2) is 56.6 Å². The zero-order valence-electron chi connectivity index (χ0n) is 15.2. The first-order valence-corrected chi connectivity index (χ1v) is 9.12. The van der Waals surface area contributed by atoms with Gasteiger partial charge in [-0.1, -0.05) is 18.5 Å². The number of methoxy groups -OCH3 is 1. The highest BCUT2D eigenvalue weighted by Crippen LogP contribution is 2.37. The quantitative estimate of drug-likeness (QED) is 0.712. The van der Waals surface area contributed by atoms with E-state index in [0.717, 1.165) is 39.0 Å². The first-order chi connectivity index (χ1) is 12.5. The predicted octanol–water partition coefficient (Wildman–Crippen LogP) is 1.67. The van der Waals surface area contributed by atoms with Gasteiger partial charge in [0.2, 0.25) is 0 Å². The monoisotopic (exact) mass is 383 g/mol.